The molecule has 210 valence electrons. The minimum absolute atomic E-state index is 0.0143. The largest absolute Gasteiger partial charge is 0.485 e. The Kier molecular flexibility index (Phi) is 9.00. The van der Waals surface area contributed by atoms with E-state index in [1.165, 1.54) is 41.7 Å². The Morgan fingerprint density at radius 1 is 1.12 bits per heavy atom. The molecule has 11 heteroatoms. The van der Waals surface area contributed by atoms with Crippen LogP contribution < -0.4 is 9.47 Å². The van der Waals surface area contributed by atoms with Crippen LogP contribution >= 0.6 is 22.9 Å². The monoisotopic (exact) mass is 593 g/mol. The lowest BCUT2D eigenvalue weighted by molar-refractivity contribution is -0.138. The highest BCUT2D eigenvalue weighted by molar-refractivity contribution is 7.15. The Bertz CT molecular complexity index is 1480. The zero-order valence-corrected chi connectivity index (χ0v) is 23.0. The highest BCUT2D eigenvalue weighted by Gasteiger charge is 2.30. The number of thiazole rings is 1. The van der Waals surface area contributed by atoms with Gasteiger partial charge < -0.3 is 14.6 Å². The van der Waals surface area contributed by atoms with Gasteiger partial charge in [-0.05, 0) is 67.8 Å². The number of halogens is 5. The van der Waals surface area contributed by atoms with E-state index in [2.05, 4.69) is 4.98 Å². The van der Waals surface area contributed by atoms with Crippen LogP contribution in [0.4, 0.5) is 17.6 Å². The Morgan fingerprint density at radius 2 is 1.85 bits per heavy atom. The molecule has 0 saturated heterocycles. The summed E-state index contributed by atoms with van der Waals surface area (Å²) in [6.45, 7) is 3.49. The van der Waals surface area contributed by atoms with Crippen LogP contribution in [-0.4, -0.2) is 16.1 Å². The third-order valence-corrected chi connectivity index (χ3v) is 7.67. The lowest BCUT2D eigenvalue weighted by Crippen LogP contribution is -2.07. The van der Waals surface area contributed by atoms with E-state index in [1.807, 2.05) is 13.0 Å². The zero-order chi connectivity index (χ0) is 29.0. The number of carboxylic acids is 1. The fourth-order valence-electron chi connectivity index (χ4n) is 3.99. The van der Waals surface area contributed by atoms with E-state index in [4.69, 9.17) is 26.2 Å². The second-order valence-electron chi connectivity index (χ2n) is 8.99. The van der Waals surface area contributed by atoms with Crippen LogP contribution in [0.5, 0.6) is 11.5 Å². The lowest BCUT2D eigenvalue weighted by atomic mass is 10.0. The number of carboxylic acid groups (broad SMARTS) is 1. The summed E-state index contributed by atoms with van der Waals surface area (Å²) in [5, 5.41) is 9.48. The number of alkyl halides is 3. The molecular formula is C29H24ClF4NO4S. The minimum atomic E-state index is -4.46. The van der Waals surface area contributed by atoms with Gasteiger partial charge in [-0.25, -0.2) is 9.37 Å². The minimum Gasteiger partial charge on any atom is -0.485 e. The molecule has 0 fully saturated rings. The van der Waals surface area contributed by atoms with Gasteiger partial charge in [0.2, 0.25) is 0 Å². The molecule has 0 saturated carbocycles. The van der Waals surface area contributed by atoms with Crippen LogP contribution in [0, 0.1) is 12.7 Å². The summed E-state index contributed by atoms with van der Waals surface area (Å²) in [6.07, 6.45) is -4.61. The number of aryl methyl sites for hydroxylation is 2. The number of ether oxygens (including phenoxy) is 2. The highest BCUT2D eigenvalue weighted by atomic mass is 35.5. The van der Waals surface area contributed by atoms with Crippen LogP contribution in [0.1, 0.15) is 46.7 Å². The van der Waals surface area contributed by atoms with E-state index < -0.39 is 29.6 Å². The van der Waals surface area contributed by atoms with Crippen LogP contribution in [0.3, 0.4) is 0 Å². The summed E-state index contributed by atoms with van der Waals surface area (Å²) in [7, 11) is 0. The molecule has 0 spiro atoms. The number of hydrogen-bond acceptors (Lipinski definition) is 5. The molecule has 0 aliphatic carbocycles. The van der Waals surface area contributed by atoms with Crippen molar-refractivity contribution in [2.75, 3.05) is 0 Å². The van der Waals surface area contributed by atoms with E-state index in [0.717, 1.165) is 23.3 Å². The van der Waals surface area contributed by atoms with Gasteiger partial charge in [0.25, 0.3) is 0 Å². The molecule has 1 N–H and O–H groups in total. The quantitative estimate of drug-likeness (QED) is 0.186. The van der Waals surface area contributed by atoms with Gasteiger partial charge in [-0.15, -0.1) is 11.3 Å². The molecule has 0 radical (unpaired) electrons. The third kappa shape index (κ3) is 7.11. The van der Waals surface area contributed by atoms with Crippen molar-refractivity contribution in [2.45, 2.75) is 45.6 Å². The molecule has 1 aromatic heterocycles. The number of aromatic nitrogens is 1. The van der Waals surface area contributed by atoms with Gasteiger partial charge in [-0.1, -0.05) is 35.9 Å². The van der Waals surface area contributed by atoms with Crippen LogP contribution in [0.25, 0.3) is 10.6 Å². The van der Waals surface area contributed by atoms with Crippen molar-refractivity contribution in [1.29, 1.82) is 0 Å². The number of para-hydroxylation sites is 1. The Morgan fingerprint density at radius 3 is 2.48 bits per heavy atom. The van der Waals surface area contributed by atoms with E-state index in [-0.39, 0.29) is 23.8 Å². The summed E-state index contributed by atoms with van der Waals surface area (Å²) in [4.78, 5) is 16.1. The van der Waals surface area contributed by atoms with Crippen molar-refractivity contribution in [3.05, 3.63) is 98.8 Å². The van der Waals surface area contributed by atoms with Gasteiger partial charge in [0.1, 0.15) is 23.5 Å². The molecule has 40 heavy (non-hydrogen) atoms. The second-order valence-corrected chi connectivity index (χ2v) is 10.4. The number of rotatable bonds is 10. The molecule has 5 nitrogen and oxygen atoms in total. The van der Waals surface area contributed by atoms with Crippen molar-refractivity contribution < 1.29 is 36.9 Å². The van der Waals surface area contributed by atoms with Crippen LogP contribution in [0.15, 0.2) is 60.7 Å². The molecule has 0 aliphatic rings. The maximum Gasteiger partial charge on any atom is 0.416 e. The number of aliphatic carboxylic acids is 1. The SMILES string of the molecule is Cc1cc(OC(C)c2sc(-c3ccc(C(F)(F)F)cc3)nc2COc2c(F)cccc2Cl)ccc1CCC(=O)O. The predicted octanol–water partition coefficient (Wildman–Crippen LogP) is 8.67. The van der Waals surface area contributed by atoms with Gasteiger partial charge in [0, 0.05) is 12.0 Å². The number of carbonyl (C=O) groups is 1. The fourth-order valence-corrected chi connectivity index (χ4v) is 5.26. The van der Waals surface area contributed by atoms with Crippen LogP contribution in [0.2, 0.25) is 5.02 Å². The van der Waals surface area contributed by atoms with E-state index >= 15 is 0 Å². The summed E-state index contributed by atoms with van der Waals surface area (Å²) >= 11 is 7.32. The Labute approximate surface area is 237 Å². The first kappa shape index (κ1) is 29.4. The molecule has 1 unspecified atom stereocenters. The van der Waals surface area contributed by atoms with E-state index in [0.29, 0.717) is 33.3 Å². The normalized spacial score (nSPS) is 12.3. The summed E-state index contributed by atoms with van der Waals surface area (Å²) in [5.41, 5.74) is 1.88. The van der Waals surface area contributed by atoms with Crippen molar-refractivity contribution in [2.24, 2.45) is 0 Å². The number of benzene rings is 3. The van der Waals surface area contributed by atoms with E-state index in [1.54, 1.807) is 19.1 Å². The van der Waals surface area contributed by atoms with Gasteiger partial charge >= 0.3 is 12.1 Å². The summed E-state index contributed by atoms with van der Waals surface area (Å²) < 4.78 is 65.3. The molecule has 1 atom stereocenters. The van der Waals surface area contributed by atoms with Crippen LogP contribution in [-0.2, 0) is 24.0 Å². The van der Waals surface area contributed by atoms with E-state index in [9.17, 15) is 22.4 Å². The van der Waals surface area contributed by atoms with Gasteiger partial charge in [0.15, 0.2) is 11.6 Å². The predicted molar refractivity (Wildman–Crippen MR) is 144 cm³/mol. The van der Waals surface area contributed by atoms with Crippen molar-refractivity contribution in [3.8, 4) is 22.1 Å². The van der Waals surface area contributed by atoms with Crippen molar-refractivity contribution in [1.82, 2.24) is 4.98 Å². The highest BCUT2D eigenvalue weighted by Crippen LogP contribution is 2.37. The first-order chi connectivity index (χ1) is 18.9. The van der Waals surface area contributed by atoms with Gasteiger partial charge in [-0.2, -0.15) is 13.2 Å². The number of hydrogen-bond donors (Lipinski definition) is 1. The second kappa shape index (κ2) is 12.3. The molecule has 4 aromatic rings. The maximum absolute atomic E-state index is 14.3. The first-order valence-electron chi connectivity index (χ1n) is 12.1. The zero-order valence-electron chi connectivity index (χ0n) is 21.4. The molecular weight excluding hydrogens is 570 g/mol. The lowest BCUT2D eigenvalue weighted by Gasteiger charge is -2.16. The summed E-state index contributed by atoms with van der Waals surface area (Å²) in [6, 6.07) is 14.2. The Balaban J connectivity index is 1.62. The smallest absolute Gasteiger partial charge is 0.416 e. The van der Waals surface area contributed by atoms with Crippen molar-refractivity contribution in [3.63, 3.8) is 0 Å². The fraction of sp³-hybridized carbons (Fsp3) is 0.241. The summed E-state index contributed by atoms with van der Waals surface area (Å²) in [5.74, 6) is -1.12. The molecule has 3 aromatic carbocycles. The van der Waals surface area contributed by atoms with Gasteiger partial charge in [-0.3, -0.25) is 4.79 Å². The maximum atomic E-state index is 14.3. The topological polar surface area (TPSA) is 68.7 Å². The average molecular weight is 594 g/mol. The van der Waals surface area contributed by atoms with Gasteiger partial charge in [0.05, 0.1) is 21.2 Å². The standard InChI is InChI=1S/C29H24ClF4NO4S/c1-16-14-21(12-8-18(16)9-13-25(36)37)39-17(2)27-24(15-38-26-22(30)4-3-5-23(26)31)35-28(40-27)19-6-10-20(11-7-19)29(32,33)34/h3-8,10-12,14,17H,9,13,15H2,1-2H3,(H,36,37). The third-order valence-electron chi connectivity index (χ3n) is 6.06. The van der Waals surface area contributed by atoms with Crippen molar-refractivity contribution >= 4 is 28.9 Å². The number of nitrogens with zero attached hydrogens (tertiary/aromatic N) is 1. The first-order valence-corrected chi connectivity index (χ1v) is 13.3. The molecule has 0 bridgehead atoms. The average Bonchev–Trinajstić information content (AvgIpc) is 3.32. The molecule has 1 heterocycles. The molecule has 0 amide bonds. The molecule has 4 rings (SSSR count). The molecule has 0 aliphatic heterocycles. The Hall–Kier alpha value is -3.63.